The summed E-state index contributed by atoms with van der Waals surface area (Å²) in [5.74, 6) is 0.350. The lowest BCUT2D eigenvalue weighted by atomic mass is 9.91. The van der Waals surface area contributed by atoms with Gasteiger partial charge in [-0.3, -0.25) is 9.69 Å². The van der Waals surface area contributed by atoms with Crippen molar-refractivity contribution in [3.05, 3.63) is 65.7 Å². The van der Waals surface area contributed by atoms with Crippen LogP contribution in [0.2, 0.25) is 0 Å². The van der Waals surface area contributed by atoms with Crippen LogP contribution in [0.5, 0.6) is 5.75 Å². The smallest absolute Gasteiger partial charge is 0.325 e. The number of para-hydroxylation sites is 1. The van der Waals surface area contributed by atoms with Gasteiger partial charge in [0.05, 0.1) is 18.2 Å². The second-order valence-corrected chi connectivity index (χ2v) is 5.86. The minimum atomic E-state index is -1.14. The molecule has 1 fully saturated rings. The number of carbonyl (C=O) groups excluding carboxylic acids is 2. The van der Waals surface area contributed by atoms with Crippen molar-refractivity contribution < 1.29 is 14.3 Å². The third kappa shape index (κ3) is 3.17. The number of ether oxygens (including phenoxy) is 1. The molecule has 3 rings (SSSR count). The monoisotopic (exact) mass is 335 g/mol. The van der Waals surface area contributed by atoms with Crippen molar-refractivity contribution in [3.63, 3.8) is 0 Å². The quantitative estimate of drug-likeness (QED) is 0.851. The van der Waals surface area contributed by atoms with E-state index in [0.29, 0.717) is 16.9 Å². The van der Waals surface area contributed by atoms with Gasteiger partial charge in [0.15, 0.2) is 0 Å². The molecule has 1 N–H and O–H groups in total. The van der Waals surface area contributed by atoms with E-state index >= 15 is 0 Å². The molecule has 1 aliphatic heterocycles. The topological polar surface area (TPSA) is 82.4 Å². The molecule has 6 heteroatoms. The molecule has 2 aromatic rings. The zero-order chi connectivity index (χ0) is 17.9. The van der Waals surface area contributed by atoms with Gasteiger partial charge >= 0.3 is 6.03 Å². The van der Waals surface area contributed by atoms with Gasteiger partial charge in [0.2, 0.25) is 0 Å². The van der Waals surface area contributed by atoms with Crippen LogP contribution in [0.15, 0.2) is 54.6 Å². The molecule has 0 saturated carbocycles. The molecule has 25 heavy (non-hydrogen) atoms. The Morgan fingerprint density at radius 2 is 1.80 bits per heavy atom. The van der Waals surface area contributed by atoms with Crippen LogP contribution in [0.3, 0.4) is 0 Å². The number of hydrogen-bond acceptors (Lipinski definition) is 4. The Balaban J connectivity index is 1.69. The van der Waals surface area contributed by atoms with E-state index in [2.05, 4.69) is 5.32 Å². The summed E-state index contributed by atoms with van der Waals surface area (Å²) in [5.41, 5.74) is -0.00812. The SMILES string of the molecule is C[C@@]1(c2ccc(C#N)cc2)NC(=O)N(CCOc2ccccc2)C1=O. The van der Waals surface area contributed by atoms with E-state index in [0.717, 1.165) is 4.90 Å². The van der Waals surface area contributed by atoms with Crippen molar-refractivity contribution in [2.75, 3.05) is 13.2 Å². The second kappa shape index (κ2) is 6.65. The number of amides is 3. The summed E-state index contributed by atoms with van der Waals surface area (Å²) in [6.45, 7) is 2.03. The number of imide groups is 1. The van der Waals surface area contributed by atoms with Crippen molar-refractivity contribution in [1.29, 1.82) is 5.26 Å². The standard InChI is InChI=1S/C19H17N3O3/c1-19(15-9-7-14(13-20)8-10-15)17(23)22(18(24)21-19)11-12-25-16-5-3-2-4-6-16/h2-10H,11-12H2,1H3,(H,21,24)/t19-/m0/s1. The Morgan fingerprint density at radius 1 is 1.12 bits per heavy atom. The minimum absolute atomic E-state index is 0.158. The number of hydrogen-bond donors (Lipinski definition) is 1. The lowest BCUT2D eigenvalue weighted by Crippen LogP contribution is -2.41. The molecule has 0 bridgehead atoms. The average molecular weight is 335 g/mol. The van der Waals surface area contributed by atoms with Crippen molar-refractivity contribution in [3.8, 4) is 11.8 Å². The second-order valence-electron chi connectivity index (χ2n) is 5.86. The van der Waals surface area contributed by atoms with E-state index in [9.17, 15) is 9.59 Å². The van der Waals surface area contributed by atoms with E-state index in [1.54, 1.807) is 31.2 Å². The third-order valence-electron chi connectivity index (χ3n) is 4.19. The number of carbonyl (C=O) groups is 2. The van der Waals surface area contributed by atoms with Crippen LogP contribution in [0, 0.1) is 11.3 Å². The highest BCUT2D eigenvalue weighted by Gasteiger charge is 2.48. The van der Waals surface area contributed by atoms with Gasteiger partial charge in [0.25, 0.3) is 5.91 Å². The first-order valence-electron chi connectivity index (χ1n) is 7.87. The number of nitrogens with one attached hydrogen (secondary N) is 1. The fraction of sp³-hybridized carbons (Fsp3) is 0.211. The van der Waals surface area contributed by atoms with Gasteiger partial charge in [-0.15, -0.1) is 0 Å². The Hall–Kier alpha value is -3.33. The van der Waals surface area contributed by atoms with Gasteiger partial charge in [0, 0.05) is 0 Å². The normalized spacial score (nSPS) is 19.4. The lowest BCUT2D eigenvalue weighted by Gasteiger charge is -2.22. The number of rotatable bonds is 5. The van der Waals surface area contributed by atoms with Crippen LogP contribution in [-0.4, -0.2) is 30.0 Å². The Morgan fingerprint density at radius 3 is 2.44 bits per heavy atom. The largest absolute Gasteiger partial charge is 0.492 e. The Bertz CT molecular complexity index is 827. The number of benzene rings is 2. The van der Waals surface area contributed by atoms with E-state index in [-0.39, 0.29) is 19.1 Å². The molecule has 0 spiro atoms. The molecule has 0 unspecified atom stereocenters. The summed E-state index contributed by atoms with van der Waals surface area (Å²) < 4.78 is 5.56. The van der Waals surface area contributed by atoms with Crippen LogP contribution in [0.1, 0.15) is 18.1 Å². The highest BCUT2D eigenvalue weighted by atomic mass is 16.5. The molecule has 126 valence electrons. The molecular weight excluding hydrogens is 318 g/mol. The van der Waals surface area contributed by atoms with Crippen molar-refractivity contribution in [2.45, 2.75) is 12.5 Å². The van der Waals surface area contributed by atoms with Gasteiger partial charge < -0.3 is 10.1 Å². The Kier molecular flexibility index (Phi) is 4.40. The minimum Gasteiger partial charge on any atom is -0.492 e. The van der Waals surface area contributed by atoms with Gasteiger partial charge in [0.1, 0.15) is 17.9 Å². The molecule has 0 aliphatic carbocycles. The van der Waals surface area contributed by atoms with Crippen molar-refractivity contribution in [2.24, 2.45) is 0 Å². The summed E-state index contributed by atoms with van der Waals surface area (Å²) in [7, 11) is 0. The van der Waals surface area contributed by atoms with Crippen LogP contribution in [0.25, 0.3) is 0 Å². The van der Waals surface area contributed by atoms with Gasteiger partial charge in [-0.25, -0.2) is 4.79 Å². The lowest BCUT2D eigenvalue weighted by molar-refractivity contribution is -0.131. The van der Waals surface area contributed by atoms with Gasteiger partial charge in [-0.2, -0.15) is 5.26 Å². The maximum Gasteiger partial charge on any atom is 0.325 e. The molecule has 1 saturated heterocycles. The van der Waals surface area contributed by atoms with Crippen molar-refractivity contribution in [1.82, 2.24) is 10.2 Å². The first-order chi connectivity index (χ1) is 12.0. The fourth-order valence-corrected chi connectivity index (χ4v) is 2.75. The highest BCUT2D eigenvalue weighted by Crippen LogP contribution is 2.28. The predicted octanol–water partition coefficient (Wildman–Crippen LogP) is 2.40. The molecular formula is C19H17N3O3. The van der Waals surface area contributed by atoms with Crippen LogP contribution >= 0.6 is 0 Å². The average Bonchev–Trinajstić information content (AvgIpc) is 2.86. The number of nitriles is 1. The molecule has 0 aromatic heterocycles. The summed E-state index contributed by atoms with van der Waals surface area (Å²) in [5, 5.41) is 11.6. The summed E-state index contributed by atoms with van der Waals surface area (Å²) >= 11 is 0. The molecule has 3 amide bonds. The molecule has 1 atom stereocenters. The maximum absolute atomic E-state index is 12.8. The zero-order valence-corrected chi connectivity index (χ0v) is 13.7. The van der Waals surface area contributed by atoms with E-state index in [1.165, 1.54) is 0 Å². The Labute approximate surface area is 145 Å². The van der Waals surface area contributed by atoms with E-state index < -0.39 is 11.6 Å². The maximum atomic E-state index is 12.8. The summed E-state index contributed by atoms with van der Waals surface area (Å²) in [4.78, 5) is 26.1. The summed E-state index contributed by atoms with van der Waals surface area (Å²) in [6, 6.07) is 17.4. The van der Waals surface area contributed by atoms with E-state index in [4.69, 9.17) is 10.00 Å². The third-order valence-corrected chi connectivity index (χ3v) is 4.19. The molecule has 0 radical (unpaired) electrons. The van der Waals surface area contributed by atoms with Crippen molar-refractivity contribution >= 4 is 11.9 Å². The number of nitrogens with zero attached hydrogens (tertiary/aromatic N) is 2. The fourth-order valence-electron chi connectivity index (χ4n) is 2.75. The van der Waals surface area contributed by atoms with Crippen LogP contribution in [-0.2, 0) is 10.3 Å². The van der Waals surface area contributed by atoms with Gasteiger partial charge in [-0.05, 0) is 36.8 Å². The zero-order valence-electron chi connectivity index (χ0n) is 13.7. The van der Waals surface area contributed by atoms with Crippen LogP contribution in [0.4, 0.5) is 4.79 Å². The highest BCUT2D eigenvalue weighted by molar-refractivity contribution is 6.07. The molecule has 1 heterocycles. The molecule has 1 aliphatic rings. The number of urea groups is 1. The predicted molar refractivity (Wildman–Crippen MR) is 90.7 cm³/mol. The summed E-state index contributed by atoms with van der Waals surface area (Å²) in [6.07, 6.45) is 0. The first-order valence-corrected chi connectivity index (χ1v) is 7.87. The first kappa shape index (κ1) is 16.5. The molecule has 6 nitrogen and oxygen atoms in total. The van der Waals surface area contributed by atoms with Crippen LogP contribution < -0.4 is 10.1 Å². The van der Waals surface area contributed by atoms with Gasteiger partial charge in [-0.1, -0.05) is 30.3 Å². The molecule has 2 aromatic carbocycles. The van der Waals surface area contributed by atoms with E-state index in [1.807, 2.05) is 36.4 Å².